The summed E-state index contributed by atoms with van der Waals surface area (Å²) < 4.78 is 41.3. The molecule has 4 nitrogen and oxygen atoms in total. The molecule has 0 bridgehead atoms. The Balaban J connectivity index is 2.07. The van der Waals surface area contributed by atoms with Crippen LogP contribution in [-0.2, 0) is 12.4 Å². The third kappa shape index (κ3) is 3.85. The molecule has 0 saturated heterocycles. The van der Waals surface area contributed by atoms with Crippen molar-refractivity contribution in [2.24, 2.45) is 0 Å². The van der Waals surface area contributed by atoms with E-state index in [2.05, 4.69) is 14.8 Å². The molecule has 0 radical (unpaired) electrons. The van der Waals surface area contributed by atoms with E-state index in [4.69, 9.17) is 11.6 Å². The molecule has 0 aliphatic heterocycles. The molecule has 0 aliphatic carbocycles. The number of alkyl halides is 4. The molecule has 102 valence electrons. The van der Waals surface area contributed by atoms with Gasteiger partial charge in [0.15, 0.2) is 0 Å². The number of hydrogen-bond acceptors (Lipinski definition) is 3. The van der Waals surface area contributed by atoms with E-state index in [-0.39, 0.29) is 11.6 Å². The molecular formula is C11H9ClF3N3O. The van der Waals surface area contributed by atoms with E-state index in [0.29, 0.717) is 12.4 Å². The van der Waals surface area contributed by atoms with Crippen LogP contribution < -0.4 is 4.74 Å². The first kappa shape index (κ1) is 13.7. The number of ether oxygens (including phenoxy) is 1. The standard InChI is InChI=1S/C11H9ClF3N3O/c12-5-10-16-7-17-18(10)6-8-1-3-9(4-2-8)19-11(13,14)15/h1-4,7H,5-6H2. The Hall–Kier alpha value is -1.76. The van der Waals surface area contributed by atoms with Gasteiger partial charge in [-0.2, -0.15) is 5.10 Å². The SMILES string of the molecule is FC(F)(F)Oc1ccc(Cn2ncnc2CCl)cc1. The van der Waals surface area contributed by atoms with Crippen molar-refractivity contribution in [3.63, 3.8) is 0 Å². The minimum atomic E-state index is -4.68. The van der Waals surface area contributed by atoms with Crippen LogP contribution in [0.5, 0.6) is 5.75 Å². The van der Waals surface area contributed by atoms with Crippen LogP contribution in [0.3, 0.4) is 0 Å². The lowest BCUT2D eigenvalue weighted by atomic mass is 10.2. The van der Waals surface area contributed by atoms with Gasteiger partial charge in [0.2, 0.25) is 0 Å². The predicted molar refractivity (Wildman–Crippen MR) is 61.8 cm³/mol. The van der Waals surface area contributed by atoms with Gasteiger partial charge >= 0.3 is 6.36 Å². The van der Waals surface area contributed by atoms with Gasteiger partial charge < -0.3 is 4.74 Å². The second kappa shape index (κ2) is 5.48. The maximum absolute atomic E-state index is 12.0. The second-order valence-corrected chi connectivity index (χ2v) is 3.93. The van der Waals surface area contributed by atoms with Gasteiger partial charge in [-0.3, -0.25) is 0 Å². The van der Waals surface area contributed by atoms with Gasteiger partial charge in [0.25, 0.3) is 0 Å². The van der Waals surface area contributed by atoms with E-state index in [1.54, 1.807) is 4.68 Å². The van der Waals surface area contributed by atoms with Gasteiger partial charge in [0.05, 0.1) is 12.4 Å². The molecule has 0 aliphatic rings. The Morgan fingerprint density at radius 1 is 1.21 bits per heavy atom. The van der Waals surface area contributed by atoms with E-state index in [1.807, 2.05) is 0 Å². The smallest absolute Gasteiger partial charge is 0.406 e. The number of hydrogen-bond donors (Lipinski definition) is 0. The molecule has 2 rings (SSSR count). The Labute approximate surface area is 111 Å². The Bertz CT molecular complexity index is 539. The van der Waals surface area contributed by atoms with E-state index in [9.17, 15) is 13.2 Å². The molecule has 8 heteroatoms. The molecule has 0 amide bonds. The van der Waals surface area contributed by atoms with E-state index >= 15 is 0 Å². The lowest BCUT2D eigenvalue weighted by Crippen LogP contribution is -2.17. The highest BCUT2D eigenvalue weighted by atomic mass is 35.5. The molecule has 0 N–H and O–H groups in total. The Morgan fingerprint density at radius 2 is 1.89 bits per heavy atom. The molecular weight excluding hydrogens is 283 g/mol. The van der Waals surface area contributed by atoms with Gasteiger partial charge in [-0.1, -0.05) is 12.1 Å². The molecule has 19 heavy (non-hydrogen) atoms. The largest absolute Gasteiger partial charge is 0.573 e. The number of halogens is 4. The van der Waals surface area contributed by atoms with Crippen LogP contribution in [0, 0.1) is 0 Å². The van der Waals surface area contributed by atoms with E-state index in [0.717, 1.165) is 5.56 Å². The molecule has 0 spiro atoms. The quantitative estimate of drug-likeness (QED) is 0.813. The first-order valence-corrected chi connectivity index (χ1v) is 5.79. The fourth-order valence-corrected chi connectivity index (χ4v) is 1.70. The van der Waals surface area contributed by atoms with Crippen molar-refractivity contribution in [2.75, 3.05) is 0 Å². The van der Waals surface area contributed by atoms with Crippen LogP contribution in [0.4, 0.5) is 13.2 Å². The minimum Gasteiger partial charge on any atom is -0.406 e. The second-order valence-electron chi connectivity index (χ2n) is 3.66. The fraction of sp³-hybridized carbons (Fsp3) is 0.273. The molecule has 0 atom stereocenters. The lowest BCUT2D eigenvalue weighted by molar-refractivity contribution is -0.274. The van der Waals surface area contributed by atoms with E-state index < -0.39 is 6.36 Å². The van der Waals surface area contributed by atoms with Crippen molar-refractivity contribution in [1.82, 2.24) is 14.8 Å². The topological polar surface area (TPSA) is 39.9 Å². The fourth-order valence-electron chi connectivity index (χ4n) is 1.49. The van der Waals surface area contributed by atoms with Gasteiger partial charge in [-0.15, -0.1) is 24.8 Å². The Morgan fingerprint density at radius 3 is 2.47 bits per heavy atom. The summed E-state index contributed by atoms with van der Waals surface area (Å²) in [5.74, 6) is 0.555. The molecule has 0 fully saturated rings. The highest BCUT2D eigenvalue weighted by Crippen LogP contribution is 2.22. The molecule has 1 aromatic heterocycles. The van der Waals surface area contributed by atoms with Crippen molar-refractivity contribution in [3.05, 3.63) is 42.0 Å². The third-order valence-corrected chi connectivity index (χ3v) is 2.54. The van der Waals surface area contributed by atoms with Crippen molar-refractivity contribution >= 4 is 11.6 Å². The van der Waals surface area contributed by atoms with Crippen LogP contribution in [0.25, 0.3) is 0 Å². The molecule has 0 saturated carbocycles. The van der Waals surface area contributed by atoms with Crippen LogP contribution in [0.1, 0.15) is 11.4 Å². The van der Waals surface area contributed by atoms with E-state index in [1.165, 1.54) is 30.6 Å². The average molecular weight is 292 g/mol. The average Bonchev–Trinajstić information content (AvgIpc) is 2.77. The summed E-state index contributed by atoms with van der Waals surface area (Å²) in [6.07, 6.45) is -3.31. The third-order valence-electron chi connectivity index (χ3n) is 2.30. The summed E-state index contributed by atoms with van der Waals surface area (Å²) in [4.78, 5) is 3.94. The Kier molecular flexibility index (Phi) is 3.94. The maximum atomic E-state index is 12.0. The number of benzene rings is 1. The van der Waals surface area contributed by atoms with Crippen molar-refractivity contribution in [3.8, 4) is 5.75 Å². The zero-order chi connectivity index (χ0) is 13.9. The van der Waals surface area contributed by atoms with Crippen molar-refractivity contribution in [2.45, 2.75) is 18.8 Å². The van der Waals surface area contributed by atoms with Crippen LogP contribution in [0.2, 0.25) is 0 Å². The number of rotatable bonds is 4. The highest BCUT2D eigenvalue weighted by molar-refractivity contribution is 6.16. The minimum absolute atomic E-state index is 0.218. The first-order chi connectivity index (χ1) is 8.98. The summed E-state index contributed by atoms with van der Waals surface area (Å²) in [5.41, 5.74) is 0.770. The predicted octanol–water partition coefficient (Wildman–Crippen LogP) is 2.96. The summed E-state index contributed by atoms with van der Waals surface area (Å²) in [6.45, 7) is 0.383. The molecule has 2 aromatic rings. The van der Waals surface area contributed by atoms with Gasteiger partial charge in [0, 0.05) is 0 Å². The molecule has 0 unspecified atom stereocenters. The monoisotopic (exact) mass is 291 g/mol. The highest BCUT2D eigenvalue weighted by Gasteiger charge is 2.30. The van der Waals surface area contributed by atoms with Gasteiger partial charge in [-0.05, 0) is 17.7 Å². The number of aromatic nitrogens is 3. The first-order valence-electron chi connectivity index (χ1n) is 5.25. The summed E-state index contributed by atoms with van der Waals surface area (Å²) in [5, 5.41) is 3.97. The summed E-state index contributed by atoms with van der Waals surface area (Å²) in [7, 11) is 0. The normalized spacial score (nSPS) is 11.6. The molecule has 1 heterocycles. The zero-order valence-corrected chi connectivity index (χ0v) is 10.3. The van der Waals surface area contributed by atoms with Crippen LogP contribution in [0.15, 0.2) is 30.6 Å². The van der Waals surface area contributed by atoms with Crippen LogP contribution >= 0.6 is 11.6 Å². The van der Waals surface area contributed by atoms with Crippen molar-refractivity contribution in [1.29, 1.82) is 0 Å². The van der Waals surface area contributed by atoms with Gasteiger partial charge in [-0.25, -0.2) is 9.67 Å². The molecule has 1 aromatic carbocycles. The summed E-state index contributed by atoms with van der Waals surface area (Å²) >= 11 is 5.67. The van der Waals surface area contributed by atoms with Crippen molar-refractivity contribution < 1.29 is 17.9 Å². The number of nitrogens with zero attached hydrogens (tertiary/aromatic N) is 3. The lowest BCUT2D eigenvalue weighted by Gasteiger charge is -2.09. The van der Waals surface area contributed by atoms with Gasteiger partial charge in [0.1, 0.15) is 17.9 Å². The zero-order valence-electron chi connectivity index (χ0n) is 9.56. The van der Waals surface area contributed by atoms with Crippen LogP contribution in [-0.4, -0.2) is 21.1 Å². The summed E-state index contributed by atoms with van der Waals surface area (Å²) in [6, 6.07) is 5.56. The maximum Gasteiger partial charge on any atom is 0.573 e.